The average Bonchev–Trinajstić information content (AvgIpc) is 1.88. The third kappa shape index (κ3) is 1.95. The van der Waals surface area contributed by atoms with Gasteiger partial charge in [0.1, 0.15) is 0 Å². The lowest BCUT2D eigenvalue weighted by Crippen LogP contribution is -2.40. The van der Waals surface area contributed by atoms with Crippen molar-refractivity contribution >= 4 is 0 Å². The summed E-state index contributed by atoms with van der Waals surface area (Å²) < 4.78 is 0. The second-order valence-corrected chi connectivity index (χ2v) is 2.91. The Labute approximate surface area is 57.0 Å². The maximum absolute atomic E-state index is 5.63. The van der Waals surface area contributed by atoms with Gasteiger partial charge in [0.2, 0.25) is 0 Å². The van der Waals surface area contributed by atoms with Crippen molar-refractivity contribution in [2.24, 2.45) is 11.8 Å². The summed E-state index contributed by atoms with van der Waals surface area (Å²) in [6, 6.07) is 0. The zero-order valence-corrected chi connectivity index (χ0v) is 6.14. The van der Waals surface area contributed by atoms with E-state index in [2.05, 4.69) is 6.92 Å². The molecule has 0 aromatic carbocycles. The van der Waals surface area contributed by atoms with Gasteiger partial charge in [0, 0.05) is 13.1 Å². The van der Waals surface area contributed by atoms with Crippen LogP contribution in [0.25, 0.3) is 0 Å². The van der Waals surface area contributed by atoms with Crippen LogP contribution in [0.4, 0.5) is 0 Å². The molecule has 0 aliphatic carbocycles. The zero-order chi connectivity index (χ0) is 6.69. The van der Waals surface area contributed by atoms with E-state index in [0.29, 0.717) is 0 Å². The monoisotopic (exact) mass is 128 g/mol. The topological polar surface area (TPSA) is 29.3 Å². The summed E-state index contributed by atoms with van der Waals surface area (Å²) >= 11 is 0. The van der Waals surface area contributed by atoms with Crippen LogP contribution < -0.4 is 5.84 Å². The molecule has 1 saturated heterocycles. The smallest absolute Gasteiger partial charge is 0.0156 e. The van der Waals surface area contributed by atoms with Crippen molar-refractivity contribution in [1.82, 2.24) is 5.01 Å². The van der Waals surface area contributed by atoms with E-state index in [1.54, 1.807) is 0 Å². The number of hydrazine groups is 1. The molecule has 2 heteroatoms. The quantitative estimate of drug-likeness (QED) is 0.533. The first-order valence-electron chi connectivity index (χ1n) is 3.82. The molecule has 0 unspecified atom stereocenters. The fourth-order valence-electron chi connectivity index (χ4n) is 1.43. The van der Waals surface area contributed by atoms with Crippen molar-refractivity contribution in [3.63, 3.8) is 0 Å². The van der Waals surface area contributed by atoms with Gasteiger partial charge in [-0.25, -0.2) is 5.01 Å². The van der Waals surface area contributed by atoms with E-state index in [4.69, 9.17) is 5.84 Å². The largest absolute Gasteiger partial charge is 0.269 e. The molecule has 1 heterocycles. The molecule has 0 spiro atoms. The van der Waals surface area contributed by atoms with Crippen LogP contribution >= 0.6 is 0 Å². The molecule has 0 aromatic rings. The molecular weight excluding hydrogens is 112 g/mol. The van der Waals surface area contributed by atoms with Crippen LogP contribution in [0.15, 0.2) is 0 Å². The van der Waals surface area contributed by atoms with Crippen molar-refractivity contribution in [1.29, 1.82) is 0 Å². The van der Waals surface area contributed by atoms with E-state index in [-0.39, 0.29) is 0 Å². The van der Waals surface area contributed by atoms with Crippen molar-refractivity contribution in [3.8, 4) is 0 Å². The first kappa shape index (κ1) is 7.03. The molecule has 2 N–H and O–H groups in total. The molecule has 54 valence electrons. The summed E-state index contributed by atoms with van der Waals surface area (Å²) in [5.41, 5.74) is 0. The first-order chi connectivity index (χ1) is 4.33. The molecule has 0 bridgehead atoms. The average molecular weight is 128 g/mol. The Bertz CT molecular complexity index is 83.0. The van der Waals surface area contributed by atoms with E-state index in [9.17, 15) is 0 Å². The summed E-state index contributed by atoms with van der Waals surface area (Å²) in [6.07, 6.45) is 3.95. The number of piperidine rings is 1. The molecule has 0 aromatic heterocycles. The Kier molecular flexibility index (Phi) is 2.49. The van der Waals surface area contributed by atoms with E-state index < -0.39 is 0 Å². The Morgan fingerprint density at radius 1 is 1.67 bits per heavy atom. The number of hydrogen-bond acceptors (Lipinski definition) is 2. The predicted molar refractivity (Wildman–Crippen MR) is 38.8 cm³/mol. The van der Waals surface area contributed by atoms with Gasteiger partial charge in [0.15, 0.2) is 0 Å². The van der Waals surface area contributed by atoms with E-state index in [1.807, 2.05) is 5.01 Å². The first-order valence-corrected chi connectivity index (χ1v) is 3.82. The Hall–Kier alpha value is -0.0800. The fourth-order valence-corrected chi connectivity index (χ4v) is 1.43. The van der Waals surface area contributed by atoms with Gasteiger partial charge in [0.25, 0.3) is 0 Å². The highest BCUT2D eigenvalue weighted by atomic mass is 15.4. The van der Waals surface area contributed by atoms with Gasteiger partial charge in [0.05, 0.1) is 0 Å². The molecule has 1 atom stereocenters. The lowest BCUT2D eigenvalue weighted by Gasteiger charge is -2.28. The molecule has 1 aliphatic rings. The summed E-state index contributed by atoms with van der Waals surface area (Å²) in [6.45, 7) is 4.44. The third-order valence-corrected chi connectivity index (χ3v) is 2.13. The van der Waals surface area contributed by atoms with Crippen LogP contribution in [0.1, 0.15) is 26.2 Å². The van der Waals surface area contributed by atoms with Crippen LogP contribution in [0, 0.1) is 5.92 Å². The molecule has 1 fully saturated rings. The van der Waals surface area contributed by atoms with Gasteiger partial charge >= 0.3 is 0 Å². The van der Waals surface area contributed by atoms with Crippen molar-refractivity contribution < 1.29 is 0 Å². The van der Waals surface area contributed by atoms with E-state index >= 15 is 0 Å². The zero-order valence-electron chi connectivity index (χ0n) is 6.14. The minimum atomic E-state index is 0.865. The Balaban J connectivity index is 2.23. The maximum Gasteiger partial charge on any atom is 0.0156 e. The molecule has 9 heavy (non-hydrogen) atoms. The van der Waals surface area contributed by atoms with E-state index in [0.717, 1.165) is 19.0 Å². The van der Waals surface area contributed by atoms with Gasteiger partial charge in [-0.05, 0) is 18.8 Å². The van der Waals surface area contributed by atoms with Crippen molar-refractivity contribution in [3.05, 3.63) is 0 Å². The molecule has 0 amide bonds. The van der Waals surface area contributed by atoms with Crippen LogP contribution in [0.3, 0.4) is 0 Å². The highest BCUT2D eigenvalue weighted by Crippen LogP contribution is 2.16. The molecule has 2 nitrogen and oxygen atoms in total. The minimum absolute atomic E-state index is 0.865. The third-order valence-electron chi connectivity index (χ3n) is 2.13. The highest BCUT2D eigenvalue weighted by molar-refractivity contribution is 4.67. The molecular formula is C7H16N2. The second kappa shape index (κ2) is 3.18. The van der Waals surface area contributed by atoms with Gasteiger partial charge in [-0.15, -0.1) is 0 Å². The number of rotatable bonds is 1. The Morgan fingerprint density at radius 3 is 2.89 bits per heavy atom. The van der Waals surface area contributed by atoms with Crippen molar-refractivity contribution in [2.75, 3.05) is 13.1 Å². The summed E-state index contributed by atoms with van der Waals surface area (Å²) in [4.78, 5) is 0. The highest BCUT2D eigenvalue weighted by Gasteiger charge is 2.14. The SMILES string of the molecule is CC[C@@H]1CCCN(N)C1. The van der Waals surface area contributed by atoms with Crippen LogP contribution in [-0.4, -0.2) is 18.1 Å². The molecule has 0 saturated carbocycles. The van der Waals surface area contributed by atoms with Gasteiger partial charge < -0.3 is 0 Å². The molecule has 1 rings (SSSR count). The number of nitrogens with two attached hydrogens (primary N) is 1. The van der Waals surface area contributed by atoms with Gasteiger partial charge in [-0.3, -0.25) is 5.84 Å². The van der Waals surface area contributed by atoms with Gasteiger partial charge in [-0.2, -0.15) is 0 Å². The second-order valence-electron chi connectivity index (χ2n) is 2.91. The minimum Gasteiger partial charge on any atom is -0.269 e. The Morgan fingerprint density at radius 2 is 2.44 bits per heavy atom. The lowest BCUT2D eigenvalue weighted by atomic mass is 9.97. The predicted octanol–water partition coefficient (Wildman–Crippen LogP) is 0.982. The number of hydrogen-bond donors (Lipinski definition) is 1. The van der Waals surface area contributed by atoms with Crippen molar-refractivity contribution in [2.45, 2.75) is 26.2 Å². The summed E-state index contributed by atoms with van der Waals surface area (Å²) in [5, 5.41) is 1.94. The van der Waals surface area contributed by atoms with E-state index in [1.165, 1.54) is 19.3 Å². The summed E-state index contributed by atoms with van der Waals surface area (Å²) in [7, 11) is 0. The van der Waals surface area contributed by atoms with Gasteiger partial charge in [-0.1, -0.05) is 13.3 Å². The molecule has 1 aliphatic heterocycles. The standard InChI is InChI=1S/C7H16N2/c1-2-7-4-3-5-9(8)6-7/h7H,2-6,8H2,1H3/t7-/m1/s1. The van der Waals surface area contributed by atoms with Crippen LogP contribution in [-0.2, 0) is 0 Å². The van der Waals surface area contributed by atoms with Crippen LogP contribution in [0.2, 0.25) is 0 Å². The molecule has 0 radical (unpaired) electrons. The lowest BCUT2D eigenvalue weighted by molar-refractivity contribution is 0.175. The fraction of sp³-hybridized carbons (Fsp3) is 1.00. The van der Waals surface area contributed by atoms with Crippen LogP contribution in [0.5, 0.6) is 0 Å². The number of nitrogens with zero attached hydrogens (tertiary/aromatic N) is 1. The maximum atomic E-state index is 5.63. The summed E-state index contributed by atoms with van der Waals surface area (Å²) in [5.74, 6) is 6.50. The normalized spacial score (nSPS) is 30.7.